The molecule has 0 saturated carbocycles. The van der Waals surface area contributed by atoms with E-state index in [4.69, 9.17) is 0 Å². The molecule has 0 unspecified atom stereocenters. The van der Waals surface area contributed by atoms with Gasteiger partial charge in [0.2, 0.25) is 0 Å². The Bertz CT molecular complexity index is 379. The van der Waals surface area contributed by atoms with Crippen molar-refractivity contribution in [1.29, 1.82) is 0 Å². The first kappa shape index (κ1) is 21.9. The second-order valence-corrected chi connectivity index (χ2v) is 3.17. The van der Waals surface area contributed by atoms with Gasteiger partial charge in [0.25, 0.3) is 0 Å². The second-order valence-electron chi connectivity index (χ2n) is 3.17. The summed E-state index contributed by atoms with van der Waals surface area (Å²) in [4.78, 5) is 10.1. The average Bonchev–Trinajstić information content (AvgIpc) is 2.12. The molecule has 0 aliphatic rings. The Morgan fingerprint density at radius 1 is 0.667 bits per heavy atom. The molecule has 0 atom stereocenters. The lowest BCUT2D eigenvalue weighted by Crippen LogP contribution is -2.64. The molecule has 0 aromatic heterocycles. The number of halogens is 13. The summed E-state index contributed by atoms with van der Waals surface area (Å²) in [6, 6.07) is -6.71. The summed E-state index contributed by atoms with van der Waals surface area (Å²) in [6.45, 7) is 0. The fourth-order valence-electron chi connectivity index (χ4n) is 0.606. The number of hydrogen-bond acceptors (Lipinski definition) is 1. The zero-order chi connectivity index (χ0) is 16.8. The van der Waals surface area contributed by atoms with Crippen molar-refractivity contribution in [3.05, 3.63) is 0 Å². The van der Waals surface area contributed by atoms with Crippen molar-refractivity contribution in [2.45, 2.75) is 30.2 Å². The summed E-state index contributed by atoms with van der Waals surface area (Å²) in [7, 11) is 0. The molecule has 0 fully saturated rings. The molecule has 0 aliphatic carbocycles. The monoisotopic (exact) mass is 351 g/mol. The third-order valence-corrected chi connectivity index (χ3v) is 1.66. The van der Waals surface area contributed by atoms with Crippen molar-refractivity contribution < 1.29 is 62.2 Å². The van der Waals surface area contributed by atoms with Gasteiger partial charge < -0.3 is 0 Å². The molecule has 0 aromatic rings. The van der Waals surface area contributed by atoms with E-state index in [0.717, 1.165) is 0 Å². The summed E-state index contributed by atoms with van der Waals surface area (Å²) in [5.41, 5.74) is 0. The third-order valence-electron chi connectivity index (χ3n) is 1.66. The standard InChI is InChI=1S/C6HF12NO.FH/c7-2(8,4(11,12)13)1(20)19-6(17,18)3(9,10)5(14,15)16;/h(H,19,20);1H. The summed E-state index contributed by atoms with van der Waals surface area (Å²) in [5.74, 6) is -17.7. The van der Waals surface area contributed by atoms with E-state index in [1.807, 2.05) is 0 Å². The largest absolute Gasteiger partial charge is 0.463 e. The van der Waals surface area contributed by atoms with Gasteiger partial charge in [-0.1, -0.05) is 0 Å². The van der Waals surface area contributed by atoms with Gasteiger partial charge in [-0.05, 0) is 0 Å². The fourth-order valence-corrected chi connectivity index (χ4v) is 0.606. The Labute approximate surface area is 105 Å². The van der Waals surface area contributed by atoms with E-state index in [0.29, 0.717) is 0 Å². The Balaban J connectivity index is 0. The van der Waals surface area contributed by atoms with Crippen molar-refractivity contribution in [3.8, 4) is 0 Å². The number of nitrogens with one attached hydrogen (secondary N) is 1. The number of carbonyl (C=O) groups excluding carboxylic acids is 1. The Kier molecular flexibility index (Phi) is 5.62. The van der Waals surface area contributed by atoms with Crippen molar-refractivity contribution in [3.63, 3.8) is 0 Å². The van der Waals surface area contributed by atoms with Gasteiger partial charge in [0.1, 0.15) is 0 Å². The molecule has 1 N–H and O–H groups in total. The first-order valence-electron chi connectivity index (χ1n) is 3.97. The minimum atomic E-state index is -7.06. The van der Waals surface area contributed by atoms with E-state index >= 15 is 0 Å². The molecule has 21 heavy (non-hydrogen) atoms. The molecule has 128 valence electrons. The van der Waals surface area contributed by atoms with Gasteiger partial charge in [0.15, 0.2) is 0 Å². The maximum Gasteiger partial charge on any atom is 0.463 e. The van der Waals surface area contributed by atoms with Crippen LogP contribution in [-0.4, -0.2) is 36.2 Å². The van der Waals surface area contributed by atoms with Gasteiger partial charge in [-0.25, -0.2) is 0 Å². The lowest BCUT2D eigenvalue weighted by Gasteiger charge is -2.29. The third kappa shape index (κ3) is 3.81. The van der Waals surface area contributed by atoms with E-state index in [2.05, 4.69) is 0 Å². The highest BCUT2D eigenvalue weighted by molar-refractivity contribution is 5.84. The van der Waals surface area contributed by atoms with Crippen LogP contribution in [0.2, 0.25) is 0 Å². The molecule has 0 spiro atoms. The Hall–Kier alpha value is -1.44. The van der Waals surface area contributed by atoms with Gasteiger partial charge in [-0.3, -0.25) is 14.8 Å². The van der Waals surface area contributed by atoms with Gasteiger partial charge in [-0.15, -0.1) is 0 Å². The van der Waals surface area contributed by atoms with Crippen LogP contribution in [0.4, 0.5) is 57.4 Å². The average molecular weight is 351 g/mol. The second kappa shape index (κ2) is 5.40. The lowest BCUT2D eigenvalue weighted by molar-refractivity contribution is -0.361. The first-order valence-corrected chi connectivity index (χ1v) is 3.97. The van der Waals surface area contributed by atoms with Crippen molar-refractivity contribution in [2.75, 3.05) is 0 Å². The van der Waals surface area contributed by atoms with E-state index in [9.17, 15) is 57.5 Å². The predicted octanol–water partition coefficient (Wildman–Crippen LogP) is 3.24. The highest BCUT2D eigenvalue weighted by Gasteiger charge is 2.75. The Morgan fingerprint density at radius 3 is 1.24 bits per heavy atom. The van der Waals surface area contributed by atoms with Gasteiger partial charge in [0.05, 0.1) is 0 Å². The minimum absolute atomic E-state index is 0. The zero-order valence-corrected chi connectivity index (χ0v) is 8.85. The molecular weight excluding hydrogens is 349 g/mol. The summed E-state index contributed by atoms with van der Waals surface area (Å²) in [5, 5.41) is -0.962. The van der Waals surface area contributed by atoms with Crippen LogP contribution in [0.1, 0.15) is 0 Å². The number of alkyl halides is 12. The van der Waals surface area contributed by atoms with Crippen LogP contribution in [0.15, 0.2) is 0 Å². The highest BCUT2D eigenvalue weighted by atomic mass is 19.4. The van der Waals surface area contributed by atoms with Crippen molar-refractivity contribution in [2.24, 2.45) is 0 Å². The number of rotatable bonds is 3. The number of amides is 1. The maximum atomic E-state index is 12.4. The van der Waals surface area contributed by atoms with Gasteiger partial charge >= 0.3 is 36.2 Å². The molecule has 0 bridgehead atoms. The van der Waals surface area contributed by atoms with Crippen LogP contribution < -0.4 is 5.32 Å². The lowest BCUT2D eigenvalue weighted by atomic mass is 10.2. The smallest absolute Gasteiger partial charge is 0.286 e. The topological polar surface area (TPSA) is 29.1 Å². The van der Waals surface area contributed by atoms with E-state index < -0.39 is 41.5 Å². The van der Waals surface area contributed by atoms with Gasteiger partial charge in [0, 0.05) is 0 Å². The zero-order valence-electron chi connectivity index (χ0n) is 8.85. The van der Waals surface area contributed by atoms with E-state index in [1.165, 1.54) is 0 Å². The van der Waals surface area contributed by atoms with Crippen molar-refractivity contribution in [1.82, 2.24) is 5.32 Å². The maximum absolute atomic E-state index is 12.4. The SMILES string of the molecule is F.O=C(NC(F)(F)C(F)(F)C(F)(F)F)C(F)(F)C(F)(F)F. The van der Waals surface area contributed by atoms with Crippen LogP contribution in [0.3, 0.4) is 0 Å². The summed E-state index contributed by atoms with van der Waals surface area (Å²) < 4.78 is 142. The molecule has 1 amide bonds. The Morgan fingerprint density at radius 2 is 1.00 bits per heavy atom. The van der Waals surface area contributed by atoms with Crippen LogP contribution in [0, 0.1) is 0 Å². The van der Waals surface area contributed by atoms with E-state index in [1.54, 1.807) is 0 Å². The highest BCUT2D eigenvalue weighted by Crippen LogP contribution is 2.46. The van der Waals surface area contributed by atoms with E-state index in [-0.39, 0.29) is 4.70 Å². The quantitative estimate of drug-likeness (QED) is 0.614. The molecular formula is C6H2F13NO. The van der Waals surface area contributed by atoms with Gasteiger partial charge in [-0.2, -0.15) is 52.7 Å². The minimum Gasteiger partial charge on any atom is -0.286 e. The molecule has 0 aliphatic heterocycles. The van der Waals surface area contributed by atoms with Crippen LogP contribution in [-0.2, 0) is 4.79 Å². The fraction of sp³-hybridized carbons (Fsp3) is 0.833. The molecule has 0 radical (unpaired) electrons. The molecule has 0 aromatic carbocycles. The molecule has 15 heteroatoms. The normalized spacial score (nSPS) is 14.5. The summed E-state index contributed by atoms with van der Waals surface area (Å²) in [6.07, 6.45) is -13.8. The molecule has 0 heterocycles. The molecule has 0 rings (SSSR count). The molecule has 0 saturated heterocycles. The van der Waals surface area contributed by atoms with Crippen LogP contribution in [0.5, 0.6) is 0 Å². The number of hydrogen-bond donors (Lipinski definition) is 1. The van der Waals surface area contributed by atoms with Crippen molar-refractivity contribution >= 4 is 5.91 Å². The predicted molar refractivity (Wildman–Crippen MR) is 37.6 cm³/mol. The molecule has 2 nitrogen and oxygen atoms in total. The van der Waals surface area contributed by atoms with Crippen LogP contribution >= 0.6 is 0 Å². The van der Waals surface area contributed by atoms with Crippen LogP contribution in [0.25, 0.3) is 0 Å². The first-order chi connectivity index (χ1) is 8.38. The summed E-state index contributed by atoms with van der Waals surface area (Å²) >= 11 is 0. The number of carbonyl (C=O) groups is 1.